The largest absolute Gasteiger partial charge is 0.298 e. The third-order valence-electron chi connectivity index (χ3n) is 2.25. The summed E-state index contributed by atoms with van der Waals surface area (Å²) in [5.41, 5.74) is 0.947. The van der Waals surface area contributed by atoms with Crippen LogP contribution in [0.2, 0.25) is 5.15 Å². The zero-order valence-electron chi connectivity index (χ0n) is 7.72. The Labute approximate surface area is 95.8 Å². The Morgan fingerprint density at radius 2 is 2.13 bits per heavy atom. The number of hydrogen-bond acceptors (Lipinski definition) is 2. The van der Waals surface area contributed by atoms with Crippen molar-refractivity contribution in [3.05, 3.63) is 47.1 Å². The number of hydrogen-bond donors (Lipinski definition) is 0. The van der Waals surface area contributed by atoms with Crippen LogP contribution >= 0.6 is 22.9 Å². The highest BCUT2D eigenvalue weighted by atomic mass is 35.5. The summed E-state index contributed by atoms with van der Waals surface area (Å²) in [6, 6.07) is 9.95. The number of nitrogens with zero attached hydrogens (tertiary/aromatic N) is 2. The molecule has 0 aromatic carbocycles. The van der Waals surface area contributed by atoms with Gasteiger partial charge in [-0.2, -0.15) is 0 Å². The summed E-state index contributed by atoms with van der Waals surface area (Å²) in [5, 5.41) is 2.59. The second-order valence-corrected chi connectivity index (χ2v) is 4.47. The SMILES string of the molecule is Clc1nc(-c2cccs2)n2ccccc12. The van der Waals surface area contributed by atoms with E-state index in [4.69, 9.17) is 11.6 Å². The maximum atomic E-state index is 6.07. The van der Waals surface area contributed by atoms with Gasteiger partial charge in [-0.25, -0.2) is 4.98 Å². The van der Waals surface area contributed by atoms with E-state index in [-0.39, 0.29) is 0 Å². The summed E-state index contributed by atoms with van der Waals surface area (Å²) < 4.78 is 2.01. The van der Waals surface area contributed by atoms with Crippen LogP contribution in [0, 0.1) is 0 Å². The summed E-state index contributed by atoms with van der Waals surface area (Å²) in [6.45, 7) is 0. The highest BCUT2D eigenvalue weighted by Gasteiger charge is 2.10. The van der Waals surface area contributed by atoms with E-state index < -0.39 is 0 Å². The minimum Gasteiger partial charge on any atom is -0.298 e. The maximum Gasteiger partial charge on any atom is 0.156 e. The maximum absolute atomic E-state index is 6.07. The summed E-state index contributed by atoms with van der Waals surface area (Å²) >= 11 is 7.73. The monoisotopic (exact) mass is 234 g/mol. The molecule has 0 fully saturated rings. The number of aromatic nitrogens is 2. The van der Waals surface area contributed by atoms with Crippen LogP contribution in [0.3, 0.4) is 0 Å². The molecule has 0 saturated heterocycles. The average Bonchev–Trinajstić information content (AvgIpc) is 2.87. The Bertz CT molecular complexity index is 598. The molecular weight excluding hydrogens is 228 g/mol. The first kappa shape index (κ1) is 8.95. The van der Waals surface area contributed by atoms with Crippen LogP contribution in [0.25, 0.3) is 16.2 Å². The van der Waals surface area contributed by atoms with E-state index >= 15 is 0 Å². The van der Waals surface area contributed by atoms with Crippen molar-refractivity contribution in [1.82, 2.24) is 9.38 Å². The third-order valence-corrected chi connectivity index (χ3v) is 3.39. The topological polar surface area (TPSA) is 17.3 Å². The standard InChI is InChI=1S/C11H7ClN2S/c12-10-8-4-1-2-6-14(8)11(13-10)9-5-3-7-15-9/h1-7H. The lowest BCUT2D eigenvalue weighted by atomic mass is 10.4. The molecule has 2 nitrogen and oxygen atoms in total. The van der Waals surface area contributed by atoms with Crippen molar-refractivity contribution in [2.75, 3.05) is 0 Å². The molecule has 0 aliphatic heterocycles. The summed E-state index contributed by atoms with van der Waals surface area (Å²) in [6.07, 6.45) is 1.98. The average molecular weight is 235 g/mol. The van der Waals surface area contributed by atoms with Crippen molar-refractivity contribution in [3.63, 3.8) is 0 Å². The van der Waals surface area contributed by atoms with Gasteiger partial charge in [0.05, 0.1) is 10.4 Å². The van der Waals surface area contributed by atoms with Crippen LogP contribution in [-0.2, 0) is 0 Å². The molecule has 74 valence electrons. The molecule has 3 heterocycles. The molecule has 15 heavy (non-hydrogen) atoms. The minimum absolute atomic E-state index is 0.555. The van der Waals surface area contributed by atoms with Gasteiger partial charge >= 0.3 is 0 Å². The van der Waals surface area contributed by atoms with E-state index in [0.29, 0.717) is 5.15 Å². The van der Waals surface area contributed by atoms with Gasteiger partial charge in [0, 0.05) is 6.20 Å². The minimum atomic E-state index is 0.555. The number of imidazole rings is 1. The fourth-order valence-corrected chi connectivity index (χ4v) is 2.52. The molecule has 4 heteroatoms. The Kier molecular flexibility index (Phi) is 2.01. The van der Waals surface area contributed by atoms with Crippen molar-refractivity contribution in [3.8, 4) is 10.7 Å². The van der Waals surface area contributed by atoms with Crippen LogP contribution in [0.4, 0.5) is 0 Å². The quantitative estimate of drug-likeness (QED) is 0.627. The molecule has 0 atom stereocenters. The van der Waals surface area contributed by atoms with Crippen LogP contribution in [0.1, 0.15) is 0 Å². The van der Waals surface area contributed by atoms with Gasteiger partial charge in [-0.1, -0.05) is 23.7 Å². The van der Waals surface area contributed by atoms with Crippen molar-refractivity contribution < 1.29 is 0 Å². The highest BCUT2D eigenvalue weighted by Crippen LogP contribution is 2.28. The van der Waals surface area contributed by atoms with Crippen LogP contribution in [-0.4, -0.2) is 9.38 Å². The molecule has 0 saturated carbocycles. The first-order valence-electron chi connectivity index (χ1n) is 4.53. The third kappa shape index (κ3) is 1.35. The lowest BCUT2D eigenvalue weighted by Crippen LogP contribution is -1.85. The van der Waals surface area contributed by atoms with E-state index in [1.165, 1.54) is 0 Å². The second kappa shape index (κ2) is 3.36. The molecule has 0 spiro atoms. The number of thiophene rings is 1. The summed E-state index contributed by atoms with van der Waals surface area (Å²) in [7, 11) is 0. The Balaban J connectivity index is 2.37. The van der Waals surface area contributed by atoms with Crippen molar-refractivity contribution in [2.45, 2.75) is 0 Å². The fourth-order valence-electron chi connectivity index (χ4n) is 1.58. The number of halogens is 1. The van der Waals surface area contributed by atoms with Crippen molar-refractivity contribution in [2.24, 2.45) is 0 Å². The van der Waals surface area contributed by atoms with E-state index in [1.807, 2.05) is 46.3 Å². The smallest absolute Gasteiger partial charge is 0.156 e. The zero-order valence-corrected chi connectivity index (χ0v) is 9.29. The molecule has 0 aliphatic carbocycles. The van der Waals surface area contributed by atoms with E-state index in [1.54, 1.807) is 11.3 Å². The molecule has 0 bridgehead atoms. The van der Waals surface area contributed by atoms with Gasteiger partial charge < -0.3 is 0 Å². The molecule has 3 aromatic rings. The lowest BCUT2D eigenvalue weighted by Gasteiger charge is -1.96. The molecule has 0 amide bonds. The molecule has 0 radical (unpaired) electrons. The first-order chi connectivity index (χ1) is 7.36. The summed E-state index contributed by atoms with van der Waals surface area (Å²) in [5.74, 6) is 0.908. The van der Waals surface area contributed by atoms with Gasteiger partial charge in [0.1, 0.15) is 0 Å². The molecule has 0 unspecified atom stereocenters. The molecule has 3 aromatic heterocycles. The summed E-state index contributed by atoms with van der Waals surface area (Å²) in [4.78, 5) is 5.50. The molecule has 0 N–H and O–H groups in total. The first-order valence-corrected chi connectivity index (χ1v) is 5.78. The number of pyridine rings is 1. The lowest BCUT2D eigenvalue weighted by molar-refractivity contribution is 1.17. The van der Waals surface area contributed by atoms with E-state index in [9.17, 15) is 0 Å². The molecule has 3 rings (SSSR count). The zero-order chi connectivity index (χ0) is 10.3. The predicted octanol–water partition coefficient (Wildman–Crippen LogP) is 3.72. The normalized spacial score (nSPS) is 11.0. The van der Waals surface area contributed by atoms with Gasteiger partial charge in [-0.15, -0.1) is 11.3 Å². The van der Waals surface area contributed by atoms with Gasteiger partial charge in [-0.3, -0.25) is 4.40 Å². The second-order valence-electron chi connectivity index (χ2n) is 3.16. The van der Waals surface area contributed by atoms with Crippen molar-refractivity contribution >= 4 is 28.5 Å². The Morgan fingerprint density at radius 3 is 2.93 bits per heavy atom. The molecule has 0 aliphatic rings. The van der Waals surface area contributed by atoms with Gasteiger partial charge in [0.15, 0.2) is 11.0 Å². The fraction of sp³-hybridized carbons (Fsp3) is 0. The van der Waals surface area contributed by atoms with E-state index in [0.717, 1.165) is 16.2 Å². The van der Waals surface area contributed by atoms with E-state index in [2.05, 4.69) is 4.98 Å². The Morgan fingerprint density at radius 1 is 1.20 bits per heavy atom. The van der Waals surface area contributed by atoms with Crippen LogP contribution < -0.4 is 0 Å². The van der Waals surface area contributed by atoms with Gasteiger partial charge in [-0.05, 0) is 23.6 Å². The number of rotatable bonds is 1. The van der Waals surface area contributed by atoms with Gasteiger partial charge in [0.2, 0.25) is 0 Å². The number of fused-ring (bicyclic) bond motifs is 1. The molecular formula is C11H7ClN2S. The highest BCUT2D eigenvalue weighted by molar-refractivity contribution is 7.13. The van der Waals surface area contributed by atoms with Crippen LogP contribution in [0.5, 0.6) is 0 Å². The van der Waals surface area contributed by atoms with Crippen molar-refractivity contribution in [1.29, 1.82) is 0 Å². The van der Waals surface area contributed by atoms with Gasteiger partial charge in [0.25, 0.3) is 0 Å². The predicted molar refractivity (Wildman–Crippen MR) is 63.5 cm³/mol. The Hall–Kier alpha value is -1.32. The van der Waals surface area contributed by atoms with Crippen LogP contribution in [0.15, 0.2) is 41.9 Å².